The molecule has 3 fully saturated rings. The van der Waals surface area contributed by atoms with Crippen molar-refractivity contribution in [1.82, 2.24) is 19.7 Å². The highest BCUT2D eigenvalue weighted by Gasteiger charge is 2.54. The first-order valence-electron chi connectivity index (χ1n) is 13.3. The van der Waals surface area contributed by atoms with Gasteiger partial charge in [-0.25, -0.2) is 4.98 Å². The number of pyridine rings is 1. The minimum absolute atomic E-state index is 0.0299. The van der Waals surface area contributed by atoms with Gasteiger partial charge in [0.1, 0.15) is 5.82 Å². The minimum Gasteiger partial charge on any atom is -0.379 e. The molecule has 0 spiro atoms. The Bertz CT molecular complexity index is 1310. The Kier molecular flexibility index (Phi) is 6.37. The molecule has 6 rings (SSSR count). The summed E-state index contributed by atoms with van der Waals surface area (Å²) in [4.78, 5) is 22.6. The summed E-state index contributed by atoms with van der Waals surface area (Å²) in [7, 11) is 1.91. The van der Waals surface area contributed by atoms with Crippen LogP contribution in [-0.2, 0) is 16.6 Å². The van der Waals surface area contributed by atoms with Crippen molar-refractivity contribution in [2.75, 3.05) is 49.6 Å². The van der Waals surface area contributed by atoms with Gasteiger partial charge in [0.05, 0.1) is 23.5 Å². The third-order valence-electron chi connectivity index (χ3n) is 8.67. The molecule has 3 aromatic rings. The monoisotopic (exact) mass is 522 g/mol. The quantitative estimate of drug-likeness (QED) is 0.520. The lowest BCUT2D eigenvalue weighted by Crippen LogP contribution is -2.56. The van der Waals surface area contributed by atoms with Crippen LogP contribution in [0.3, 0.4) is 0 Å². The van der Waals surface area contributed by atoms with Crippen LogP contribution in [-0.4, -0.2) is 70.5 Å². The van der Waals surface area contributed by atoms with Crippen LogP contribution >= 0.6 is 11.6 Å². The van der Waals surface area contributed by atoms with Crippen molar-refractivity contribution in [3.05, 3.63) is 47.4 Å². The molecular weight excluding hydrogens is 488 g/mol. The standard InChI is InChI=1S/C28H35ClN6O2/c1-4-21-25(20-15-31-33(3)16-20)26(21)27(36)32-24-13-18-12-23(22(29)11-19(18)14-30-24)34-6-8-35(9-7-34)28(2)5-10-37-17-28/h11-16,21,25-26H,4-10,17H2,1-3H3,(H,30,32,36)/t21-,25-,26-,28-/m0/s1. The fourth-order valence-corrected chi connectivity index (χ4v) is 6.66. The molecule has 2 saturated heterocycles. The van der Waals surface area contributed by atoms with Gasteiger partial charge in [-0.1, -0.05) is 24.9 Å². The lowest BCUT2D eigenvalue weighted by atomic mass is 9.98. The van der Waals surface area contributed by atoms with Crippen molar-refractivity contribution in [2.45, 2.75) is 38.1 Å². The second kappa shape index (κ2) is 9.57. The number of carbonyl (C=O) groups excluding carboxylic acids is 1. The van der Waals surface area contributed by atoms with E-state index in [1.807, 2.05) is 31.6 Å². The second-order valence-electron chi connectivity index (χ2n) is 11.1. The zero-order chi connectivity index (χ0) is 25.7. The summed E-state index contributed by atoms with van der Waals surface area (Å²) in [5, 5.41) is 10.1. The molecule has 2 aliphatic heterocycles. The molecule has 1 amide bonds. The average Bonchev–Trinajstić information content (AvgIpc) is 3.18. The molecule has 1 N–H and O–H groups in total. The second-order valence-corrected chi connectivity index (χ2v) is 11.5. The average molecular weight is 523 g/mol. The van der Waals surface area contributed by atoms with Crippen LogP contribution in [0.1, 0.15) is 38.2 Å². The van der Waals surface area contributed by atoms with E-state index < -0.39 is 0 Å². The predicted octanol–water partition coefficient (Wildman–Crippen LogP) is 4.30. The number of nitrogens with one attached hydrogen (secondary N) is 1. The van der Waals surface area contributed by atoms with E-state index in [4.69, 9.17) is 16.3 Å². The number of carbonyl (C=O) groups is 1. The predicted molar refractivity (Wildman–Crippen MR) is 146 cm³/mol. The molecule has 4 atom stereocenters. The molecule has 8 nitrogen and oxygen atoms in total. The van der Waals surface area contributed by atoms with Crippen LogP contribution in [0.5, 0.6) is 0 Å². The SMILES string of the molecule is CC[C@@H]1[C@H](C(=O)Nc2cc3cc(N4CCN([C@@]5(C)CCOC5)CC4)c(Cl)cc3cn2)[C@H]1c1cnn(C)c1. The van der Waals surface area contributed by atoms with Gasteiger partial charge in [-0.3, -0.25) is 14.4 Å². The zero-order valence-electron chi connectivity index (χ0n) is 21.8. The number of ether oxygens (including phenoxy) is 1. The number of rotatable bonds is 6. The Morgan fingerprint density at radius 2 is 2.00 bits per heavy atom. The Morgan fingerprint density at radius 3 is 2.68 bits per heavy atom. The Hall–Kier alpha value is -2.68. The van der Waals surface area contributed by atoms with Crippen LogP contribution in [0, 0.1) is 11.8 Å². The summed E-state index contributed by atoms with van der Waals surface area (Å²) in [6.07, 6.45) is 7.74. The maximum absolute atomic E-state index is 13.2. The molecule has 1 aliphatic carbocycles. The number of amides is 1. The van der Waals surface area contributed by atoms with E-state index in [1.165, 1.54) is 0 Å². The number of fused-ring (bicyclic) bond motifs is 1. The smallest absolute Gasteiger partial charge is 0.229 e. The molecule has 9 heteroatoms. The van der Waals surface area contributed by atoms with Gasteiger partial charge < -0.3 is 15.0 Å². The van der Waals surface area contributed by atoms with Gasteiger partial charge in [0.15, 0.2) is 0 Å². The number of aryl methyl sites for hydroxylation is 1. The van der Waals surface area contributed by atoms with Gasteiger partial charge in [0.2, 0.25) is 5.91 Å². The summed E-state index contributed by atoms with van der Waals surface area (Å²) in [6, 6.07) is 6.08. The number of piperazine rings is 1. The number of aromatic nitrogens is 3. The van der Waals surface area contributed by atoms with Crippen molar-refractivity contribution < 1.29 is 9.53 Å². The molecule has 1 saturated carbocycles. The molecule has 1 aromatic carbocycles. The Balaban J connectivity index is 1.16. The van der Waals surface area contributed by atoms with Gasteiger partial charge in [-0.15, -0.1) is 0 Å². The third kappa shape index (κ3) is 4.60. The number of hydrogen-bond acceptors (Lipinski definition) is 6. The summed E-state index contributed by atoms with van der Waals surface area (Å²) in [6.45, 7) is 9.94. The fraction of sp³-hybridized carbons (Fsp3) is 0.536. The zero-order valence-corrected chi connectivity index (χ0v) is 22.5. The topological polar surface area (TPSA) is 75.5 Å². The lowest BCUT2D eigenvalue weighted by Gasteiger charge is -2.44. The summed E-state index contributed by atoms with van der Waals surface area (Å²) in [5.74, 6) is 1.13. The van der Waals surface area contributed by atoms with E-state index in [0.717, 1.165) is 79.3 Å². The number of halogens is 1. The summed E-state index contributed by atoms with van der Waals surface area (Å²) < 4.78 is 7.47. The largest absolute Gasteiger partial charge is 0.379 e. The fourth-order valence-electron chi connectivity index (χ4n) is 6.37. The number of anilines is 2. The number of benzene rings is 1. The van der Waals surface area contributed by atoms with E-state index in [1.54, 1.807) is 10.9 Å². The van der Waals surface area contributed by atoms with E-state index >= 15 is 0 Å². The van der Waals surface area contributed by atoms with Crippen LogP contribution in [0.25, 0.3) is 10.8 Å². The Labute approximate surface area is 222 Å². The minimum atomic E-state index is -0.0455. The van der Waals surface area contributed by atoms with Crippen LogP contribution < -0.4 is 10.2 Å². The van der Waals surface area contributed by atoms with Crippen molar-refractivity contribution in [2.24, 2.45) is 18.9 Å². The highest BCUT2D eigenvalue weighted by Crippen LogP contribution is 2.56. The molecule has 2 aromatic heterocycles. The van der Waals surface area contributed by atoms with Crippen LogP contribution in [0.4, 0.5) is 11.5 Å². The van der Waals surface area contributed by atoms with E-state index in [2.05, 4.69) is 45.1 Å². The van der Waals surface area contributed by atoms with Gasteiger partial charge in [-0.2, -0.15) is 5.10 Å². The maximum atomic E-state index is 13.2. The van der Waals surface area contributed by atoms with Crippen molar-refractivity contribution >= 4 is 39.8 Å². The van der Waals surface area contributed by atoms with Crippen molar-refractivity contribution in [1.29, 1.82) is 0 Å². The molecule has 196 valence electrons. The highest BCUT2D eigenvalue weighted by molar-refractivity contribution is 6.34. The highest BCUT2D eigenvalue weighted by atomic mass is 35.5. The molecule has 0 unspecified atom stereocenters. The molecule has 3 aliphatic rings. The van der Waals surface area contributed by atoms with Crippen molar-refractivity contribution in [3.8, 4) is 0 Å². The molecular formula is C28H35ClN6O2. The first-order chi connectivity index (χ1) is 17.9. The number of hydrogen-bond donors (Lipinski definition) is 1. The molecule has 0 bridgehead atoms. The summed E-state index contributed by atoms with van der Waals surface area (Å²) >= 11 is 6.73. The normalized spacial score (nSPS) is 28.1. The maximum Gasteiger partial charge on any atom is 0.229 e. The third-order valence-corrected chi connectivity index (χ3v) is 8.98. The van der Waals surface area contributed by atoms with Gasteiger partial charge >= 0.3 is 0 Å². The number of nitrogens with zero attached hydrogens (tertiary/aromatic N) is 5. The van der Waals surface area contributed by atoms with E-state index in [-0.39, 0.29) is 23.3 Å². The van der Waals surface area contributed by atoms with E-state index in [9.17, 15) is 4.79 Å². The first kappa shape index (κ1) is 24.6. The van der Waals surface area contributed by atoms with Crippen LogP contribution in [0.2, 0.25) is 5.02 Å². The first-order valence-corrected chi connectivity index (χ1v) is 13.7. The molecule has 37 heavy (non-hydrogen) atoms. The van der Waals surface area contributed by atoms with Gasteiger partial charge in [0, 0.05) is 75.0 Å². The lowest BCUT2D eigenvalue weighted by molar-refractivity contribution is -0.117. The van der Waals surface area contributed by atoms with Crippen molar-refractivity contribution in [3.63, 3.8) is 0 Å². The van der Waals surface area contributed by atoms with Crippen LogP contribution in [0.15, 0.2) is 36.8 Å². The molecule has 0 radical (unpaired) electrons. The van der Waals surface area contributed by atoms with Gasteiger partial charge in [-0.05, 0) is 48.4 Å². The molecule has 4 heterocycles. The summed E-state index contributed by atoms with van der Waals surface area (Å²) in [5.41, 5.74) is 2.32. The van der Waals surface area contributed by atoms with Gasteiger partial charge in [0.25, 0.3) is 0 Å². The Morgan fingerprint density at radius 1 is 1.19 bits per heavy atom. The van der Waals surface area contributed by atoms with E-state index in [0.29, 0.717) is 11.7 Å².